The number of aromatic amines is 1. The van der Waals surface area contributed by atoms with Crippen LogP contribution in [0.4, 0.5) is 4.39 Å². The van der Waals surface area contributed by atoms with Crippen LogP contribution in [0.15, 0.2) is 42.6 Å². The number of likely N-dealkylation sites (tertiary alicyclic amines) is 2. The molecule has 130 valence electrons. The zero-order chi connectivity index (χ0) is 17.6. The van der Waals surface area contributed by atoms with Crippen molar-refractivity contribution in [3.05, 3.63) is 59.7 Å². The highest BCUT2D eigenvalue weighted by Crippen LogP contribution is 2.45. The fourth-order valence-corrected chi connectivity index (χ4v) is 4.29. The molecule has 5 nitrogen and oxygen atoms in total. The minimum absolute atomic E-state index is 0.00842. The molecule has 2 aromatic rings. The van der Waals surface area contributed by atoms with E-state index in [1.807, 2.05) is 15.9 Å². The number of hydrogen-bond donors (Lipinski definition) is 1. The predicted octanol–water partition coefficient (Wildman–Crippen LogP) is 2.45. The highest BCUT2D eigenvalue weighted by Gasteiger charge is 2.49. The van der Waals surface area contributed by atoms with Gasteiger partial charge in [0.2, 0.25) is 5.91 Å². The molecule has 0 unspecified atom stereocenters. The van der Waals surface area contributed by atoms with Crippen LogP contribution in [-0.4, -0.2) is 46.2 Å². The molecule has 0 saturated carbocycles. The first kappa shape index (κ1) is 15.9. The number of nitrogens with one attached hydrogen (secondary N) is 1. The number of hydrogen-bond acceptors (Lipinski definition) is 2. The molecule has 0 spiro atoms. The van der Waals surface area contributed by atoms with Gasteiger partial charge in [0.05, 0.1) is 6.04 Å². The zero-order valence-electron chi connectivity index (χ0n) is 14.0. The Morgan fingerprint density at radius 1 is 1.16 bits per heavy atom. The second-order valence-electron chi connectivity index (χ2n) is 6.89. The van der Waals surface area contributed by atoms with Crippen LogP contribution in [0.3, 0.4) is 0 Å². The number of fused-ring (bicyclic) bond motifs is 1. The van der Waals surface area contributed by atoms with Crippen molar-refractivity contribution < 1.29 is 14.0 Å². The number of nitrogens with zero attached hydrogens (tertiary/aromatic N) is 2. The minimum atomic E-state index is -0.304. The van der Waals surface area contributed by atoms with E-state index in [1.54, 1.807) is 31.3 Å². The van der Waals surface area contributed by atoms with Crippen LogP contribution in [0, 0.1) is 17.7 Å². The fourth-order valence-electron chi connectivity index (χ4n) is 4.29. The second-order valence-corrected chi connectivity index (χ2v) is 6.89. The van der Waals surface area contributed by atoms with Crippen LogP contribution in [0.2, 0.25) is 0 Å². The molecule has 25 heavy (non-hydrogen) atoms. The Bertz CT molecular complexity index is 805. The number of H-pyrrole nitrogens is 1. The summed E-state index contributed by atoms with van der Waals surface area (Å²) in [5, 5.41) is 0. The van der Waals surface area contributed by atoms with E-state index in [1.165, 1.54) is 12.1 Å². The van der Waals surface area contributed by atoms with Crippen molar-refractivity contribution in [1.29, 1.82) is 0 Å². The summed E-state index contributed by atoms with van der Waals surface area (Å²) in [4.78, 5) is 31.3. The third-order valence-electron chi connectivity index (χ3n) is 5.37. The Balaban J connectivity index is 1.61. The van der Waals surface area contributed by atoms with Crippen LogP contribution in [0.5, 0.6) is 0 Å². The quantitative estimate of drug-likeness (QED) is 0.912. The molecule has 0 aliphatic carbocycles. The van der Waals surface area contributed by atoms with Gasteiger partial charge in [-0.2, -0.15) is 0 Å². The Morgan fingerprint density at radius 2 is 2.00 bits per heavy atom. The summed E-state index contributed by atoms with van der Waals surface area (Å²) in [6.45, 7) is 3.36. The maximum atomic E-state index is 13.7. The lowest BCUT2D eigenvalue weighted by molar-refractivity contribution is -0.130. The van der Waals surface area contributed by atoms with Crippen LogP contribution in [-0.2, 0) is 4.79 Å². The van der Waals surface area contributed by atoms with E-state index in [2.05, 4.69) is 4.98 Å². The standard InChI is InChI=1S/C19H20FN3O2/c1-12(24)23-10-14-9-22(19(25)17-6-3-7-21-17)11-16(14)18(23)13-4-2-5-15(20)8-13/h2-8,14,16,18,21H,9-11H2,1H3/t14-,16-,18-/m1/s1. The molecule has 1 aromatic carbocycles. The molecule has 0 radical (unpaired) electrons. The van der Waals surface area contributed by atoms with E-state index in [0.717, 1.165) is 5.56 Å². The average molecular weight is 341 g/mol. The lowest BCUT2D eigenvalue weighted by atomic mass is 9.89. The van der Waals surface area contributed by atoms with Gasteiger partial charge in [-0.1, -0.05) is 12.1 Å². The van der Waals surface area contributed by atoms with Gasteiger partial charge in [0.25, 0.3) is 5.91 Å². The van der Waals surface area contributed by atoms with Crippen molar-refractivity contribution >= 4 is 11.8 Å². The van der Waals surface area contributed by atoms with Crippen molar-refractivity contribution in [3.63, 3.8) is 0 Å². The molecule has 3 atom stereocenters. The second kappa shape index (κ2) is 6.02. The molecule has 6 heteroatoms. The first-order chi connectivity index (χ1) is 12.0. The molecule has 2 aliphatic heterocycles. The average Bonchev–Trinajstić information content (AvgIpc) is 3.29. The molecule has 2 aliphatic rings. The number of amides is 2. The Labute approximate surface area is 145 Å². The number of carbonyl (C=O) groups is 2. The Hall–Kier alpha value is -2.63. The SMILES string of the molecule is CC(=O)N1C[C@H]2CN(C(=O)c3ccc[nH]3)C[C@H]2[C@H]1c1cccc(F)c1. The van der Waals surface area contributed by atoms with E-state index in [-0.39, 0.29) is 35.5 Å². The third kappa shape index (κ3) is 2.71. The van der Waals surface area contributed by atoms with E-state index in [0.29, 0.717) is 25.3 Å². The maximum Gasteiger partial charge on any atom is 0.270 e. The molecule has 2 amide bonds. The summed E-state index contributed by atoms with van der Waals surface area (Å²) < 4.78 is 13.7. The molecule has 2 saturated heterocycles. The molecular formula is C19H20FN3O2. The monoisotopic (exact) mass is 341 g/mol. The lowest BCUT2D eigenvalue weighted by Crippen LogP contribution is -2.36. The maximum absolute atomic E-state index is 13.7. The summed E-state index contributed by atoms with van der Waals surface area (Å²) in [5.74, 6) is 0.0140. The van der Waals surface area contributed by atoms with Crippen LogP contribution in [0.25, 0.3) is 0 Å². The Morgan fingerprint density at radius 3 is 2.68 bits per heavy atom. The largest absolute Gasteiger partial charge is 0.357 e. The lowest BCUT2D eigenvalue weighted by Gasteiger charge is -2.29. The Kier molecular flexibility index (Phi) is 3.82. The van der Waals surface area contributed by atoms with Gasteiger partial charge in [-0.15, -0.1) is 0 Å². The van der Waals surface area contributed by atoms with E-state index in [4.69, 9.17) is 0 Å². The molecule has 0 bridgehead atoms. The van der Waals surface area contributed by atoms with Crippen LogP contribution < -0.4 is 0 Å². The van der Waals surface area contributed by atoms with Crippen LogP contribution in [0.1, 0.15) is 29.0 Å². The molecule has 3 heterocycles. The van der Waals surface area contributed by atoms with Gasteiger partial charge >= 0.3 is 0 Å². The number of aromatic nitrogens is 1. The topological polar surface area (TPSA) is 56.4 Å². The predicted molar refractivity (Wildman–Crippen MR) is 90.2 cm³/mol. The highest BCUT2D eigenvalue weighted by molar-refractivity contribution is 5.92. The minimum Gasteiger partial charge on any atom is -0.357 e. The van der Waals surface area contributed by atoms with Gasteiger partial charge in [-0.05, 0) is 29.8 Å². The first-order valence-electron chi connectivity index (χ1n) is 8.50. The summed E-state index contributed by atoms with van der Waals surface area (Å²) in [6.07, 6.45) is 1.73. The van der Waals surface area contributed by atoms with Crippen molar-refractivity contribution in [2.24, 2.45) is 11.8 Å². The van der Waals surface area contributed by atoms with Crippen molar-refractivity contribution in [2.45, 2.75) is 13.0 Å². The van der Waals surface area contributed by atoms with Crippen molar-refractivity contribution in [1.82, 2.24) is 14.8 Å². The first-order valence-corrected chi connectivity index (χ1v) is 8.50. The van der Waals surface area contributed by atoms with E-state index in [9.17, 15) is 14.0 Å². The van der Waals surface area contributed by atoms with Gasteiger partial charge < -0.3 is 14.8 Å². The van der Waals surface area contributed by atoms with E-state index < -0.39 is 0 Å². The van der Waals surface area contributed by atoms with Gasteiger partial charge in [-0.3, -0.25) is 9.59 Å². The smallest absolute Gasteiger partial charge is 0.270 e. The summed E-state index contributed by atoms with van der Waals surface area (Å²) >= 11 is 0. The number of carbonyl (C=O) groups excluding carboxylic acids is 2. The van der Waals surface area contributed by atoms with Gasteiger partial charge in [0.1, 0.15) is 11.5 Å². The highest BCUT2D eigenvalue weighted by atomic mass is 19.1. The van der Waals surface area contributed by atoms with Crippen molar-refractivity contribution in [2.75, 3.05) is 19.6 Å². The summed E-state index contributed by atoms with van der Waals surface area (Å²) in [5.41, 5.74) is 1.38. The summed E-state index contributed by atoms with van der Waals surface area (Å²) in [7, 11) is 0. The zero-order valence-corrected chi connectivity index (χ0v) is 14.0. The number of benzene rings is 1. The molecule has 2 fully saturated rings. The number of rotatable bonds is 2. The summed E-state index contributed by atoms with van der Waals surface area (Å²) in [6, 6.07) is 9.83. The van der Waals surface area contributed by atoms with Gasteiger partial charge in [0, 0.05) is 44.6 Å². The molecule has 1 aromatic heterocycles. The number of halogens is 1. The molecule has 4 rings (SSSR count). The molecular weight excluding hydrogens is 321 g/mol. The normalized spacial score (nSPS) is 25.3. The van der Waals surface area contributed by atoms with Gasteiger partial charge in [0.15, 0.2) is 0 Å². The van der Waals surface area contributed by atoms with Gasteiger partial charge in [-0.25, -0.2) is 4.39 Å². The van der Waals surface area contributed by atoms with E-state index >= 15 is 0 Å². The third-order valence-corrected chi connectivity index (χ3v) is 5.37. The fraction of sp³-hybridized carbons (Fsp3) is 0.368. The molecule has 1 N–H and O–H groups in total. The van der Waals surface area contributed by atoms with Crippen LogP contribution >= 0.6 is 0 Å². The van der Waals surface area contributed by atoms with Crippen molar-refractivity contribution in [3.8, 4) is 0 Å².